The van der Waals surface area contributed by atoms with Crippen molar-refractivity contribution in [2.75, 3.05) is 0 Å². The highest BCUT2D eigenvalue weighted by Crippen LogP contribution is 2.30. The molecule has 0 aliphatic carbocycles. The summed E-state index contributed by atoms with van der Waals surface area (Å²) in [6.07, 6.45) is -0.244. The van der Waals surface area contributed by atoms with Gasteiger partial charge in [-0.05, 0) is 43.0 Å². The van der Waals surface area contributed by atoms with Crippen LogP contribution in [0.4, 0.5) is 4.39 Å². The van der Waals surface area contributed by atoms with Crippen molar-refractivity contribution in [1.82, 2.24) is 0 Å². The normalized spacial score (nSPS) is 14.2. The van der Waals surface area contributed by atoms with Crippen LogP contribution in [0.25, 0.3) is 0 Å². The number of rotatable bonds is 4. The van der Waals surface area contributed by atoms with Gasteiger partial charge in [-0.1, -0.05) is 6.07 Å². The summed E-state index contributed by atoms with van der Waals surface area (Å²) < 4.78 is 19.0. The van der Waals surface area contributed by atoms with E-state index in [2.05, 4.69) is 0 Å². The Kier molecular flexibility index (Phi) is 3.99. The molecule has 1 aromatic carbocycles. The van der Waals surface area contributed by atoms with Crippen LogP contribution in [-0.2, 0) is 0 Å². The summed E-state index contributed by atoms with van der Waals surface area (Å²) in [5.74, 6) is 0.198. The lowest BCUT2D eigenvalue weighted by molar-refractivity contribution is 0.183. The number of thiophene rings is 1. The number of aryl methyl sites for hydroxylation is 1. The van der Waals surface area contributed by atoms with Gasteiger partial charge in [-0.15, -0.1) is 11.3 Å². The molecule has 2 atom stereocenters. The van der Waals surface area contributed by atoms with Crippen LogP contribution in [0.2, 0.25) is 0 Å². The van der Waals surface area contributed by atoms with E-state index in [1.54, 1.807) is 23.5 Å². The zero-order valence-electron chi connectivity index (χ0n) is 10.4. The van der Waals surface area contributed by atoms with Gasteiger partial charge in [-0.2, -0.15) is 0 Å². The Morgan fingerprint density at radius 1 is 1.33 bits per heavy atom. The molecule has 0 spiro atoms. The minimum Gasteiger partial charge on any atom is -0.483 e. The predicted molar refractivity (Wildman–Crippen MR) is 72.5 cm³/mol. The van der Waals surface area contributed by atoms with Crippen molar-refractivity contribution in [2.45, 2.75) is 26.0 Å². The van der Waals surface area contributed by atoms with Crippen LogP contribution in [0.5, 0.6) is 5.75 Å². The summed E-state index contributed by atoms with van der Waals surface area (Å²) in [6.45, 7) is 3.92. The van der Waals surface area contributed by atoms with Crippen LogP contribution < -0.4 is 10.5 Å². The van der Waals surface area contributed by atoms with Crippen LogP contribution >= 0.6 is 11.3 Å². The highest BCUT2D eigenvalue weighted by Gasteiger charge is 2.21. The maximum Gasteiger partial charge on any atom is 0.148 e. The third kappa shape index (κ3) is 2.89. The summed E-state index contributed by atoms with van der Waals surface area (Å²) >= 11 is 1.61. The first-order chi connectivity index (χ1) is 8.58. The molecule has 1 heterocycles. The molecule has 0 saturated heterocycles. The fraction of sp³-hybridized carbons (Fsp3) is 0.286. The molecule has 0 fully saturated rings. The Hall–Kier alpha value is -1.39. The lowest BCUT2D eigenvalue weighted by Crippen LogP contribution is -2.28. The van der Waals surface area contributed by atoms with Gasteiger partial charge >= 0.3 is 0 Å². The molecule has 0 aliphatic heterocycles. The Morgan fingerprint density at radius 2 is 2.11 bits per heavy atom. The van der Waals surface area contributed by atoms with E-state index in [1.807, 2.05) is 25.3 Å². The van der Waals surface area contributed by atoms with Gasteiger partial charge in [-0.25, -0.2) is 4.39 Å². The summed E-state index contributed by atoms with van der Waals surface area (Å²) in [7, 11) is 0. The number of nitrogens with two attached hydrogens (primary N) is 1. The number of hydrogen-bond donors (Lipinski definition) is 1. The van der Waals surface area contributed by atoms with Crippen LogP contribution in [0.1, 0.15) is 23.5 Å². The van der Waals surface area contributed by atoms with E-state index in [9.17, 15) is 4.39 Å². The Morgan fingerprint density at radius 3 is 2.67 bits per heavy atom. The van der Waals surface area contributed by atoms with Crippen LogP contribution in [-0.4, -0.2) is 6.04 Å². The predicted octanol–water partition coefficient (Wildman–Crippen LogP) is 3.66. The second kappa shape index (κ2) is 5.50. The second-order valence-corrected chi connectivity index (χ2v) is 5.27. The van der Waals surface area contributed by atoms with Gasteiger partial charge in [0.15, 0.2) is 0 Å². The van der Waals surface area contributed by atoms with Crippen LogP contribution in [0.3, 0.4) is 0 Å². The number of benzene rings is 1. The Balaban J connectivity index is 2.25. The molecule has 2 rings (SSSR count). The lowest BCUT2D eigenvalue weighted by Gasteiger charge is -2.22. The van der Waals surface area contributed by atoms with Crippen molar-refractivity contribution in [3.63, 3.8) is 0 Å². The van der Waals surface area contributed by atoms with Gasteiger partial charge in [0, 0.05) is 17.0 Å². The van der Waals surface area contributed by atoms with E-state index in [1.165, 1.54) is 12.1 Å². The molecule has 0 aliphatic rings. The van der Waals surface area contributed by atoms with E-state index >= 15 is 0 Å². The number of hydrogen-bond acceptors (Lipinski definition) is 3. The number of ether oxygens (including phenoxy) is 1. The molecule has 2 aromatic rings. The van der Waals surface area contributed by atoms with Gasteiger partial charge in [-0.3, -0.25) is 0 Å². The molecule has 2 unspecified atom stereocenters. The highest BCUT2D eigenvalue weighted by molar-refractivity contribution is 7.10. The quantitative estimate of drug-likeness (QED) is 0.915. The van der Waals surface area contributed by atoms with Gasteiger partial charge in [0.05, 0.1) is 0 Å². The van der Waals surface area contributed by atoms with E-state index in [0.717, 1.165) is 10.4 Å². The monoisotopic (exact) mass is 265 g/mol. The average Bonchev–Trinajstić information content (AvgIpc) is 2.72. The largest absolute Gasteiger partial charge is 0.483 e. The van der Waals surface area contributed by atoms with E-state index in [-0.39, 0.29) is 18.0 Å². The van der Waals surface area contributed by atoms with E-state index < -0.39 is 0 Å². The van der Waals surface area contributed by atoms with Gasteiger partial charge in [0.1, 0.15) is 17.7 Å². The summed E-state index contributed by atoms with van der Waals surface area (Å²) in [5, 5.41) is 2.01. The molecule has 0 amide bonds. The topological polar surface area (TPSA) is 35.2 Å². The molecular formula is C14H16FNOS. The summed E-state index contributed by atoms with van der Waals surface area (Å²) in [6, 6.07) is 8.00. The SMILES string of the molecule is Cc1ccsc1C(Oc1cccc(F)c1)C(C)N. The maximum atomic E-state index is 13.1. The van der Waals surface area contributed by atoms with Gasteiger partial charge < -0.3 is 10.5 Å². The fourth-order valence-electron chi connectivity index (χ4n) is 1.76. The molecular weight excluding hydrogens is 249 g/mol. The summed E-state index contributed by atoms with van der Waals surface area (Å²) in [5.41, 5.74) is 7.12. The maximum absolute atomic E-state index is 13.1. The van der Waals surface area contributed by atoms with Gasteiger partial charge in [0.2, 0.25) is 0 Å². The second-order valence-electron chi connectivity index (χ2n) is 4.32. The molecule has 0 saturated carbocycles. The van der Waals surface area contributed by atoms with Crippen molar-refractivity contribution in [2.24, 2.45) is 5.73 Å². The molecule has 0 bridgehead atoms. The Bertz CT molecular complexity index is 524. The van der Waals surface area contributed by atoms with Gasteiger partial charge in [0.25, 0.3) is 0 Å². The van der Waals surface area contributed by atoms with Crippen LogP contribution in [0, 0.1) is 12.7 Å². The molecule has 1 aromatic heterocycles. The summed E-state index contributed by atoms with van der Waals surface area (Å²) in [4.78, 5) is 1.09. The minimum absolute atomic E-state index is 0.161. The zero-order chi connectivity index (χ0) is 13.1. The molecule has 0 radical (unpaired) electrons. The van der Waals surface area contributed by atoms with E-state index in [0.29, 0.717) is 5.75 Å². The van der Waals surface area contributed by atoms with Crippen molar-refractivity contribution in [3.8, 4) is 5.75 Å². The first-order valence-corrected chi connectivity index (χ1v) is 6.67. The zero-order valence-corrected chi connectivity index (χ0v) is 11.2. The van der Waals surface area contributed by atoms with Crippen LogP contribution in [0.15, 0.2) is 35.7 Å². The molecule has 18 heavy (non-hydrogen) atoms. The standard InChI is InChI=1S/C14H16FNOS/c1-9-6-7-18-14(9)13(10(2)16)17-12-5-3-4-11(15)8-12/h3-8,10,13H,16H2,1-2H3. The van der Waals surface area contributed by atoms with Crippen molar-refractivity contribution in [3.05, 3.63) is 52.0 Å². The van der Waals surface area contributed by atoms with Crippen molar-refractivity contribution >= 4 is 11.3 Å². The molecule has 2 nitrogen and oxygen atoms in total. The van der Waals surface area contributed by atoms with Crippen molar-refractivity contribution < 1.29 is 9.13 Å². The molecule has 96 valence electrons. The smallest absolute Gasteiger partial charge is 0.148 e. The van der Waals surface area contributed by atoms with Crippen molar-refractivity contribution in [1.29, 1.82) is 0 Å². The fourth-order valence-corrected chi connectivity index (χ4v) is 2.83. The first kappa shape index (κ1) is 13.1. The third-order valence-electron chi connectivity index (χ3n) is 2.70. The molecule has 2 N–H and O–H groups in total. The third-order valence-corrected chi connectivity index (χ3v) is 3.78. The van der Waals surface area contributed by atoms with E-state index in [4.69, 9.17) is 10.5 Å². The average molecular weight is 265 g/mol. The Labute approximate surface area is 110 Å². The first-order valence-electron chi connectivity index (χ1n) is 5.79. The highest BCUT2D eigenvalue weighted by atomic mass is 32.1. The minimum atomic E-state index is -0.307. The number of halogens is 1. The lowest BCUT2D eigenvalue weighted by atomic mass is 10.1. The molecule has 4 heteroatoms.